The number of carbonyl (C=O) groups excluding carboxylic acids is 1. The van der Waals surface area contributed by atoms with E-state index in [2.05, 4.69) is 15.2 Å². The molecule has 0 radical (unpaired) electrons. The van der Waals surface area contributed by atoms with Crippen molar-refractivity contribution in [1.82, 2.24) is 14.8 Å². The third-order valence-electron chi connectivity index (χ3n) is 4.58. The number of anilines is 1. The van der Waals surface area contributed by atoms with Gasteiger partial charge in [-0.15, -0.1) is 0 Å². The standard InChI is InChI=1S/C18H20N4O2/c23-18(22-11-10-21-9-7-15(22)13-21)20-14-3-5-16(6-4-14)24-17-2-1-8-19-12-17/h1-6,8,12,15H,7,9-11,13H2,(H,20,23). The summed E-state index contributed by atoms with van der Waals surface area (Å²) in [5.41, 5.74) is 0.777. The summed E-state index contributed by atoms with van der Waals surface area (Å²) < 4.78 is 5.70. The van der Waals surface area contributed by atoms with Crippen LogP contribution in [0.25, 0.3) is 0 Å². The van der Waals surface area contributed by atoms with Gasteiger partial charge in [0.15, 0.2) is 0 Å². The van der Waals surface area contributed by atoms with Crippen LogP contribution < -0.4 is 10.1 Å². The van der Waals surface area contributed by atoms with Gasteiger partial charge in [0.05, 0.1) is 6.20 Å². The molecule has 2 fully saturated rings. The van der Waals surface area contributed by atoms with Crippen molar-refractivity contribution in [2.75, 3.05) is 31.5 Å². The van der Waals surface area contributed by atoms with Crippen LogP contribution in [0.2, 0.25) is 0 Å². The maximum Gasteiger partial charge on any atom is 0.322 e. The van der Waals surface area contributed by atoms with Gasteiger partial charge in [-0.25, -0.2) is 4.79 Å². The number of nitrogens with one attached hydrogen (secondary N) is 1. The molecule has 2 unspecified atom stereocenters. The normalized spacial score (nSPS) is 22.2. The molecule has 0 spiro atoms. The van der Waals surface area contributed by atoms with Crippen molar-refractivity contribution in [2.24, 2.45) is 0 Å². The molecule has 2 atom stereocenters. The number of amides is 2. The molecule has 124 valence electrons. The van der Waals surface area contributed by atoms with Crippen LogP contribution in [0.15, 0.2) is 48.8 Å². The molecule has 2 bridgehead atoms. The molecule has 1 aromatic carbocycles. The second kappa shape index (κ2) is 6.49. The van der Waals surface area contributed by atoms with Crippen molar-refractivity contribution in [2.45, 2.75) is 12.5 Å². The fourth-order valence-electron chi connectivity index (χ4n) is 3.31. The summed E-state index contributed by atoms with van der Waals surface area (Å²) in [4.78, 5) is 20.9. The second-order valence-electron chi connectivity index (χ2n) is 6.18. The van der Waals surface area contributed by atoms with E-state index < -0.39 is 0 Å². The summed E-state index contributed by atoms with van der Waals surface area (Å²) in [6.07, 6.45) is 4.44. The monoisotopic (exact) mass is 324 g/mol. The van der Waals surface area contributed by atoms with Crippen molar-refractivity contribution >= 4 is 11.7 Å². The van der Waals surface area contributed by atoms with Gasteiger partial charge >= 0.3 is 6.03 Å². The molecule has 0 saturated carbocycles. The fourth-order valence-corrected chi connectivity index (χ4v) is 3.31. The predicted molar refractivity (Wildman–Crippen MR) is 91.3 cm³/mol. The second-order valence-corrected chi connectivity index (χ2v) is 6.18. The molecular weight excluding hydrogens is 304 g/mol. The zero-order valence-corrected chi connectivity index (χ0v) is 13.4. The zero-order valence-electron chi connectivity index (χ0n) is 13.4. The Bertz CT molecular complexity index is 705. The number of nitrogens with zero attached hydrogens (tertiary/aromatic N) is 3. The van der Waals surface area contributed by atoms with E-state index in [1.165, 1.54) is 0 Å². The van der Waals surface area contributed by atoms with E-state index >= 15 is 0 Å². The Morgan fingerprint density at radius 3 is 2.79 bits per heavy atom. The third-order valence-corrected chi connectivity index (χ3v) is 4.58. The van der Waals surface area contributed by atoms with Crippen molar-refractivity contribution in [3.8, 4) is 11.5 Å². The van der Waals surface area contributed by atoms with Crippen molar-refractivity contribution < 1.29 is 9.53 Å². The number of fused-ring (bicyclic) bond motifs is 2. The van der Waals surface area contributed by atoms with Gasteiger partial charge < -0.3 is 15.0 Å². The molecule has 1 N–H and O–H groups in total. The van der Waals surface area contributed by atoms with Crippen LogP contribution in [-0.2, 0) is 0 Å². The molecule has 6 heteroatoms. The largest absolute Gasteiger partial charge is 0.456 e. The first-order chi connectivity index (χ1) is 11.8. The summed E-state index contributed by atoms with van der Waals surface area (Å²) in [6.45, 7) is 3.89. The predicted octanol–water partition coefficient (Wildman–Crippen LogP) is 2.80. The van der Waals surface area contributed by atoms with Crippen molar-refractivity contribution in [1.29, 1.82) is 0 Å². The lowest BCUT2D eigenvalue weighted by Crippen LogP contribution is -2.50. The molecule has 2 aromatic rings. The Labute approximate surface area is 141 Å². The first kappa shape index (κ1) is 15.0. The lowest BCUT2D eigenvalue weighted by Gasteiger charge is -2.34. The van der Waals surface area contributed by atoms with E-state index in [4.69, 9.17) is 4.74 Å². The molecule has 2 saturated heterocycles. The third kappa shape index (κ3) is 3.19. The maximum absolute atomic E-state index is 12.5. The highest BCUT2D eigenvalue weighted by Crippen LogP contribution is 2.24. The van der Waals surface area contributed by atoms with E-state index in [0.717, 1.165) is 38.3 Å². The fraction of sp³-hybridized carbons (Fsp3) is 0.333. The number of carbonyl (C=O) groups is 1. The number of rotatable bonds is 3. The number of ether oxygens (including phenoxy) is 1. The van der Waals surface area contributed by atoms with Crippen LogP contribution >= 0.6 is 0 Å². The van der Waals surface area contributed by atoms with E-state index in [1.54, 1.807) is 12.4 Å². The van der Waals surface area contributed by atoms with Crippen LogP contribution in [0.4, 0.5) is 10.5 Å². The minimum absolute atomic E-state index is 0.0116. The van der Waals surface area contributed by atoms with Gasteiger partial charge in [-0.3, -0.25) is 9.88 Å². The van der Waals surface area contributed by atoms with Gasteiger partial charge in [-0.2, -0.15) is 0 Å². The molecule has 0 aliphatic carbocycles. The highest BCUT2D eigenvalue weighted by Gasteiger charge is 2.34. The maximum atomic E-state index is 12.5. The molecule has 2 aliphatic rings. The molecule has 4 rings (SSSR count). The van der Waals surface area contributed by atoms with Crippen LogP contribution in [0, 0.1) is 0 Å². The van der Waals surface area contributed by atoms with E-state index in [0.29, 0.717) is 17.5 Å². The van der Waals surface area contributed by atoms with Gasteiger partial charge in [0.2, 0.25) is 0 Å². The average molecular weight is 324 g/mol. The Morgan fingerprint density at radius 2 is 2.00 bits per heavy atom. The molecule has 2 amide bonds. The lowest BCUT2D eigenvalue weighted by molar-refractivity contribution is 0.153. The molecular formula is C18H20N4O2. The van der Waals surface area contributed by atoms with Gasteiger partial charge in [0, 0.05) is 44.1 Å². The van der Waals surface area contributed by atoms with Gasteiger partial charge in [-0.05, 0) is 42.8 Å². The first-order valence-electron chi connectivity index (χ1n) is 8.26. The van der Waals surface area contributed by atoms with E-state index in [-0.39, 0.29) is 6.03 Å². The highest BCUT2D eigenvalue weighted by atomic mass is 16.5. The van der Waals surface area contributed by atoms with Crippen molar-refractivity contribution in [3.63, 3.8) is 0 Å². The van der Waals surface area contributed by atoms with Crippen LogP contribution in [-0.4, -0.2) is 53.0 Å². The van der Waals surface area contributed by atoms with E-state index in [9.17, 15) is 4.79 Å². The van der Waals surface area contributed by atoms with E-state index in [1.807, 2.05) is 41.3 Å². The zero-order chi connectivity index (χ0) is 16.4. The first-order valence-corrected chi connectivity index (χ1v) is 8.26. The van der Waals surface area contributed by atoms with Crippen LogP contribution in [0.1, 0.15) is 6.42 Å². The quantitative estimate of drug-likeness (QED) is 0.943. The Kier molecular flexibility index (Phi) is 4.04. The minimum Gasteiger partial charge on any atom is -0.456 e. The number of piperazine rings is 1. The van der Waals surface area contributed by atoms with Crippen LogP contribution in [0.3, 0.4) is 0 Å². The van der Waals surface area contributed by atoms with Gasteiger partial charge in [-0.1, -0.05) is 0 Å². The Balaban J connectivity index is 1.37. The molecule has 6 nitrogen and oxygen atoms in total. The Morgan fingerprint density at radius 1 is 1.12 bits per heavy atom. The average Bonchev–Trinajstić information content (AvgIpc) is 2.98. The lowest BCUT2D eigenvalue weighted by atomic mass is 10.2. The van der Waals surface area contributed by atoms with Crippen LogP contribution in [0.5, 0.6) is 11.5 Å². The van der Waals surface area contributed by atoms with Crippen molar-refractivity contribution in [3.05, 3.63) is 48.8 Å². The number of benzene rings is 1. The number of urea groups is 1. The highest BCUT2D eigenvalue weighted by molar-refractivity contribution is 5.89. The molecule has 1 aromatic heterocycles. The summed E-state index contributed by atoms with van der Waals surface area (Å²) >= 11 is 0. The molecule has 24 heavy (non-hydrogen) atoms. The topological polar surface area (TPSA) is 57.7 Å². The molecule has 3 heterocycles. The van der Waals surface area contributed by atoms with Gasteiger partial charge in [0.25, 0.3) is 0 Å². The van der Waals surface area contributed by atoms with Gasteiger partial charge in [0.1, 0.15) is 11.5 Å². The molecule has 2 aliphatic heterocycles. The smallest absolute Gasteiger partial charge is 0.322 e. The summed E-state index contributed by atoms with van der Waals surface area (Å²) in [5.74, 6) is 1.40. The number of hydrogen-bond donors (Lipinski definition) is 1. The number of pyridine rings is 1. The summed E-state index contributed by atoms with van der Waals surface area (Å²) in [7, 11) is 0. The summed E-state index contributed by atoms with van der Waals surface area (Å²) in [6, 6.07) is 11.4. The Hall–Kier alpha value is -2.60. The number of hydrogen-bond acceptors (Lipinski definition) is 4. The summed E-state index contributed by atoms with van der Waals surface area (Å²) in [5, 5.41) is 2.99. The minimum atomic E-state index is -0.0116. The number of aromatic nitrogens is 1. The SMILES string of the molecule is O=C(Nc1ccc(Oc2cccnc2)cc1)N1CCN2CCC1C2.